The molecule has 0 aliphatic heterocycles. The quantitative estimate of drug-likeness (QED) is 0.745. The van der Waals surface area contributed by atoms with Gasteiger partial charge >= 0.3 is 0 Å². The lowest BCUT2D eigenvalue weighted by Gasteiger charge is -2.07. The number of para-hydroxylation sites is 1. The molecular formula is C16H14N4O2S. The Hall–Kier alpha value is -2.80. The number of aromatic nitrogens is 3. The van der Waals surface area contributed by atoms with Gasteiger partial charge in [0.05, 0.1) is 5.56 Å². The van der Waals surface area contributed by atoms with E-state index in [-0.39, 0.29) is 17.3 Å². The number of anilines is 1. The fraction of sp³-hybridized carbons (Fsp3) is 0.125. The number of benzene rings is 1. The lowest BCUT2D eigenvalue weighted by atomic mass is 10.2. The van der Waals surface area contributed by atoms with E-state index in [9.17, 15) is 4.79 Å². The van der Waals surface area contributed by atoms with Gasteiger partial charge in [-0.2, -0.15) is 0 Å². The molecule has 0 saturated heterocycles. The average Bonchev–Trinajstić information content (AvgIpc) is 2.91. The fourth-order valence-corrected chi connectivity index (χ4v) is 2.24. The second kappa shape index (κ2) is 6.53. The maximum atomic E-state index is 12.2. The first-order chi connectivity index (χ1) is 11.1. The summed E-state index contributed by atoms with van der Waals surface area (Å²) in [7, 11) is 0. The first-order valence-electron chi connectivity index (χ1n) is 6.97. The summed E-state index contributed by atoms with van der Waals surface area (Å²) in [6.07, 6.45) is 3.28. The zero-order valence-electron chi connectivity index (χ0n) is 12.4. The third kappa shape index (κ3) is 3.51. The van der Waals surface area contributed by atoms with Gasteiger partial charge in [-0.3, -0.25) is 9.78 Å². The molecule has 23 heavy (non-hydrogen) atoms. The number of nitrogens with one attached hydrogen (secondary N) is 1. The van der Waals surface area contributed by atoms with Crippen molar-refractivity contribution in [3.63, 3.8) is 0 Å². The Labute approximate surface area is 137 Å². The molecule has 0 aliphatic carbocycles. The molecule has 1 amide bonds. The first kappa shape index (κ1) is 15.1. The Bertz CT molecular complexity index is 886. The molecule has 116 valence electrons. The molecule has 0 radical (unpaired) electrons. The minimum Gasteiger partial charge on any atom is -0.409 e. The second-order valence-electron chi connectivity index (χ2n) is 4.94. The number of rotatable bonds is 4. The highest BCUT2D eigenvalue weighted by Gasteiger charge is 2.12. The summed E-state index contributed by atoms with van der Waals surface area (Å²) in [6, 6.07) is 11.1. The van der Waals surface area contributed by atoms with E-state index in [2.05, 4.69) is 15.4 Å². The highest BCUT2D eigenvalue weighted by Crippen LogP contribution is 2.16. The topological polar surface area (TPSA) is 73.0 Å². The van der Waals surface area contributed by atoms with Crippen LogP contribution in [0.5, 0.6) is 0 Å². The average molecular weight is 326 g/mol. The summed E-state index contributed by atoms with van der Waals surface area (Å²) >= 11 is 5.12. The van der Waals surface area contributed by atoms with Crippen LogP contribution in [0.25, 0.3) is 11.5 Å². The van der Waals surface area contributed by atoms with E-state index >= 15 is 0 Å². The molecule has 3 rings (SSSR count). The highest BCUT2D eigenvalue weighted by molar-refractivity contribution is 7.71. The van der Waals surface area contributed by atoms with Crippen molar-refractivity contribution in [2.75, 3.05) is 5.32 Å². The van der Waals surface area contributed by atoms with Gasteiger partial charge in [-0.1, -0.05) is 18.2 Å². The van der Waals surface area contributed by atoms with Gasteiger partial charge in [0.15, 0.2) is 0 Å². The smallest absolute Gasteiger partial charge is 0.287 e. The van der Waals surface area contributed by atoms with Gasteiger partial charge < -0.3 is 9.73 Å². The molecule has 0 atom stereocenters. The largest absolute Gasteiger partial charge is 0.409 e. The van der Waals surface area contributed by atoms with Crippen LogP contribution in [0.15, 0.2) is 53.2 Å². The Balaban J connectivity index is 1.76. The van der Waals surface area contributed by atoms with Crippen LogP contribution in [0.2, 0.25) is 0 Å². The van der Waals surface area contributed by atoms with Crippen molar-refractivity contribution in [2.45, 2.75) is 13.5 Å². The maximum absolute atomic E-state index is 12.2. The molecule has 0 unspecified atom stereocenters. The van der Waals surface area contributed by atoms with Crippen LogP contribution < -0.4 is 5.32 Å². The molecule has 6 nitrogen and oxygen atoms in total. The molecule has 7 heteroatoms. The van der Waals surface area contributed by atoms with Gasteiger partial charge in [-0.15, -0.1) is 5.10 Å². The molecule has 0 aliphatic rings. The van der Waals surface area contributed by atoms with E-state index in [0.717, 1.165) is 11.3 Å². The first-order valence-corrected chi connectivity index (χ1v) is 7.38. The molecule has 0 spiro atoms. The Morgan fingerprint density at radius 1 is 1.30 bits per heavy atom. The van der Waals surface area contributed by atoms with Crippen LogP contribution in [-0.2, 0) is 11.3 Å². The number of aryl methyl sites for hydroxylation is 1. The van der Waals surface area contributed by atoms with Crippen LogP contribution >= 0.6 is 12.2 Å². The summed E-state index contributed by atoms with van der Waals surface area (Å²) in [6.45, 7) is 1.91. The zero-order valence-corrected chi connectivity index (χ0v) is 13.2. The molecule has 2 heterocycles. The second-order valence-corrected chi connectivity index (χ2v) is 5.28. The van der Waals surface area contributed by atoms with Crippen molar-refractivity contribution in [3.8, 4) is 11.5 Å². The fourth-order valence-electron chi connectivity index (χ4n) is 2.05. The van der Waals surface area contributed by atoms with E-state index in [0.29, 0.717) is 11.5 Å². The third-order valence-corrected chi connectivity index (χ3v) is 3.52. The molecule has 3 aromatic rings. The van der Waals surface area contributed by atoms with Crippen LogP contribution in [0.4, 0.5) is 5.69 Å². The standard InChI is InChI=1S/C16H14N4O2S/c1-11-5-2-3-7-13(11)18-14(21)10-20-16(23)22-15(19-20)12-6-4-8-17-9-12/h2-9H,10H2,1H3,(H,18,21). The molecule has 0 fully saturated rings. The van der Waals surface area contributed by atoms with E-state index in [1.165, 1.54) is 4.68 Å². The van der Waals surface area contributed by atoms with Crippen molar-refractivity contribution in [1.82, 2.24) is 14.8 Å². The number of pyridine rings is 1. The van der Waals surface area contributed by atoms with Gasteiger partial charge in [-0.05, 0) is 42.9 Å². The lowest BCUT2D eigenvalue weighted by Crippen LogP contribution is -2.20. The summed E-state index contributed by atoms with van der Waals surface area (Å²) in [4.78, 5) is 16.3. The van der Waals surface area contributed by atoms with Gasteiger partial charge in [0.25, 0.3) is 4.84 Å². The molecule has 0 saturated carbocycles. The summed E-state index contributed by atoms with van der Waals surface area (Å²) in [5.41, 5.74) is 2.46. The number of carbonyl (C=O) groups is 1. The number of nitrogens with zero attached hydrogens (tertiary/aromatic N) is 3. The number of hydrogen-bond acceptors (Lipinski definition) is 5. The monoisotopic (exact) mass is 326 g/mol. The van der Waals surface area contributed by atoms with E-state index in [1.54, 1.807) is 18.5 Å². The van der Waals surface area contributed by atoms with Crippen LogP contribution in [-0.4, -0.2) is 20.7 Å². The van der Waals surface area contributed by atoms with Gasteiger partial charge in [0, 0.05) is 18.1 Å². The summed E-state index contributed by atoms with van der Waals surface area (Å²) < 4.78 is 6.77. The van der Waals surface area contributed by atoms with Crippen LogP contribution in [0.3, 0.4) is 0 Å². The lowest BCUT2D eigenvalue weighted by molar-refractivity contribution is -0.117. The maximum Gasteiger partial charge on any atom is 0.287 e. The third-order valence-electron chi connectivity index (χ3n) is 3.23. The van der Waals surface area contributed by atoms with Crippen molar-refractivity contribution in [3.05, 3.63) is 59.2 Å². The summed E-state index contributed by atoms with van der Waals surface area (Å²) in [5.74, 6) is 0.119. The van der Waals surface area contributed by atoms with Crippen molar-refractivity contribution in [2.24, 2.45) is 0 Å². The highest BCUT2D eigenvalue weighted by atomic mass is 32.1. The van der Waals surface area contributed by atoms with Crippen molar-refractivity contribution in [1.29, 1.82) is 0 Å². The predicted octanol–water partition coefficient (Wildman–Crippen LogP) is 3.21. The molecule has 0 bridgehead atoms. The van der Waals surface area contributed by atoms with E-state index < -0.39 is 0 Å². The van der Waals surface area contributed by atoms with Gasteiger partial charge in [-0.25, -0.2) is 4.68 Å². The van der Waals surface area contributed by atoms with Gasteiger partial charge in [0.1, 0.15) is 6.54 Å². The molecule has 1 aromatic carbocycles. The molecule has 1 N–H and O–H groups in total. The number of carbonyl (C=O) groups excluding carboxylic acids is 1. The Morgan fingerprint density at radius 3 is 2.87 bits per heavy atom. The Kier molecular flexibility index (Phi) is 4.29. The van der Waals surface area contributed by atoms with Gasteiger partial charge in [0.2, 0.25) is 11.8 Å². The minimum absolute atomic E-state index is 0.0169. The SMILES string of the molecule is Cc1ccccc1NC(=O)Cn1nc(-c2cccnc2)oc1=S. The minimum atomic E-state index is -0.221. The summed E-state index contributed by atoms with van der Waals surface area (Å²) in [5, 5.41) is 7.06. The van der Waals surface area contributed by atoms with Crippen molar-refractivity contribution < 1.29 is 9.21 Å². The predicted molar refractivity (Wildman–Crippen MR) is 88.4 cm³/mol. The zero-order chi connectivity index (χ0) is 16.2. The van der Waals surface area contributed by atoms with Crippen LogP contribution in [0, 0.1) is 11.8 Å². The number of amides is 1. The van der Waals surface area contributed by atoms with Crippen LogP contribution in [0.1, 0.15) is 5.56 Å². The van der Waals surface area contributed by atoms with E-state index in [4.69, 9.17) is 16.6 Å². The van der Waals surface area contributed by atoms with E-state index in [1.807, 2.05) is 37.3 Å². The molecular weight excluding hydrogens is 312 g/mol. The normalized spacial score (nSPS) is 10.5. The Morgan fingerprint density at radius 2 is 2.13 bits per heavy atom. The molecule has 2 aromatic heterocycles. The van der Waals surface area contributed by atoms with Crippen molar-refractivity contribution >= 4 is 23.8 Å². The number of hydrogen-bond donors (Lipinski definition) is 1.